The number of ether oxygens (including phenoxy) is 1. The van der Waals surface area contributed by atoms with Gasteiger partial charge in [-0.3, -0.25) is 14.4 Å². The maximum atomic E-state index is 12.9. The molecule has 4 rings (SSSR count). The molecule has 0 atom stereocenters. The fourth-order valence-electron chi connectivity index (χ4n) is 4.12. The van der Waals surface area contributed by atoms with E-state index in [1.807, 2.05) is 18.2 Å². The third kappa shape index (κ3) is 4.80. The molecule has 2 aromatic carbocycles. The first-order chi connectivity index (χ1) is 15.0. The van der Waals surface area contributed by atoms with Gasteiger partial charge in [0.1, 0.15) is 5.75 Å². The van der Waals surface area contributed by atoms with E-state index in [9.17, 15) is 4.79 Å². The SMILES string of the molecule is COc1ccc(CCn2nc(C(=O)N(C)C)c3c2CCN(Cc2ccccc2)C3)cc1. The zero-order valence-corrected chi connectivity index (χ0v) is 18.5. The van der Waals surface area contributed by atoms with E-state index >= 15 is 0 Å². The molecule has 0 N–H and O–H groups in total. The Morgan fingerprint density at radius 2 is 1.81 bits per heavy atom. The van der Waals surface area contributed by atoms with Crippen LogP contribution in [-0.4, -0.2) is 53.2 Å². The first-order valence-corrected chi connectivity index (χ1v) is 10.7. The Morgan fingerprint density at radius 3 is 2.48 bits per heavy atom. The molecule has 0 bridgehead atoms. The fourth-order valence-corrected chi connectivity index (χ4v) is 4.12. The van der Waals surface area contributed by atoms with Gasteiger partial charge in [0.15, 0.2) is 5.69 Å². The van der Waals surface area contributed by atoms with Gasteiger partial charge in [0.05, 0.1) is 7.11 Å². The summed E-state index contributed by atoms with van der Waals surface area (Å²) in [6, 6.07) is 18.6. The van der Waals surface area contributed by atoms with Crippen molar-refractivity contribution in [3.63, 3.8) is 0 Å². The molecular formula is C25H30N4O2. The monoisotopic (exact) mass is 418 g/mol. The van der Waals surface area contributed by atoms with Gasteiger partial charge in [0.25, 0.3) is 5.91 Å². The zero-order chi connectivity index (χ0) is 21.8. The second kappa shape index (κ2) is 9.35. The summed E-state index contributed by atoms with van der Waals surface area (Å²) in [6.45, 7) is 3.36. The van der Waals surface area contributed by atoms with Crippen LogP contribution in [0.3, 0.4) is 0 Å². The van der Waals surface area contributed by atoms with Gasteiger partial charge < -0.3 is 9.64 Å². The van der Waals surface area contributed by atoms with Gasteiger partial charge in [-0.05, 0) is 29.7 Å². The van der Waals surface area contributed by atoms with E-state index < -0.39 is 0 Å². The van der Waals surface area contributed by atoms with Crippen molar-refractivity contribution in [1.29, 1.82) is 0 Å². The lowest BCUT2D eigenvalue weighted by molar-refractivity contribution is 0.0818. The van der Waals surface area contributed by atoms with Crippen LogP contribution < -0.4 is 4.74 Å². The molecule has 0 unspecified atom stereocenters. The molecule has 162 valence electrons. The van der Waals surface area contributed by atoms with E-state index in [1.165, 1.54) is 16.8 Å². The maximum Gasteiger partial charge on any atom is 0.274 e. The van der Waals surface area contributed by atoms with Crippen molar-refractivity contribution in [2.75, 3.05) is 27.7 Å². The predicted molar refractivity (Wildman–Crippen MR) is 121 cm³/mol. The van der Waals surface area contributed by atoms with Gasteiger partial charge in [0.2, 0.25) is 0 Å². The lowest BCUT2D eigenvalue weighted by Gasteiger charge is -2.28. The van der Waals surface area contributed by atoms with E-state index in [0.717, 1.165) is 50.3 Å². The van der Waals surface area contributed by atoms with Crippen molar-refractivity contribution in [3.05, 3.63) is 82.7 Å². The third-order valence-electron chi connectivity index (χ3n) is 5.84. The van der Waals surface area contributed by atoms with E-state index in [-0.39, 0.29) is 5.91 Å². The molecule has 0 radical (unpaired) electrons. The normalized spacial score (nSPS) is 13.6. The Bertz CT molecular complexity index is 1030. The lowest BCUT2D eigenvalue weighted by atomic mass is 10.0. The molecule has 0 spiro atoms. The summed E-state index contributed by atoms with van der Waals surface area (Å²) >= 11 is 0. The Hall–Kier alpha value is -3.12. The second-order valence-electron chi connectivity index (χ2n) is 8.24. The molecular weight excluding hydrogens is 388 g/mol. The molecule has 6 nitrogen and oxygen atoms in total. The molecule has 1 amide bonds. The number of hydrogen-bond donors (Lipinski definition) is 0. The topological polar surface area (TPSA) is 50.6 Å². The number of amides is 1. The Morgan fingerprint density at radius 1 is 1.06 bits per heavy atom. The highest BCUT2D eigenvalue weighted by Crippen LogP contribution is 2.25. The number of rotatable bonds is 7. The van der Waals surface area contributed by atoms with E-state index in [1.54, 1.807) is 26.1 Å². The second-order valence-corrected chi connectivity index (χ2v) is 8.24. The van der Waals surface area contributed by atoms with Crippen molar-refractivity contribution >= 4 is 5.91 Å². The van der Waals surface area contributed by atoms with Gasteiger partial charge in [-0.1, -0.05) is 42.5 Å². The van der Waals surface area contributed by atoms with E-state index in [2.05, 4.69) is 46.0 Å². The quantitative estimate of drug-likeness (QED) is 0.590. The van der Waals surface area contributed by atoms with Crippen molar-refractivity contribution < 1.29 is 9.53 Å². The van der Waals surface area contributed by atoms with Crippen molar-refractivity contribution in [1.82, 2.24) is 19.6 Å². The molecule has 0 fully saturated rings. The van der Waals surface area contributed by atoms with Gasteiger partial charge >= 0.3 is 0 Å². The van der Waals surface area contributed by atoms with Crippen molar-refractivity contribution in [3.8, 4) is 5.75 Å². The molecule has 1 aromatic heterocycles. The van der Waals surface area contributed by atoms with Gasteiger partial charge in [-0.25, -0.2) is 0 Å². The van der Waals surface area contributed by atoms with Gasteiger partial charge in [-0.2, -0.15) is 5.10 Å². The average molecular weight is 419 g/mol. The Labute approximate surface area is 184 Å². The number of carbonyl (C=O) groups is 1. The van der Waals surface area contributed by atoms with Crippen LogP contribution in [0.4, 0.5) is 0 Å². The summed E-state index contributed by atoms with van der Waals surface area (Å²) in [4.78, 5) is 16.9. The minimum absolute atomic E-state index is 0.0268. The summed E-state index contributed by atoms with van der Waals surface area (Å²) in [5.74, 6) is 0.832. The van der Waals surface area contributed by atoms with E-state index in [0.29, 0.717) is 5.69 Å². The van der Waals surface area contributed by atoms with Gasteiger partial charge in [0, 0.05) is 58.0 Å². The molecule has 2 heterocycles. The minimum atomic E-state index is -0.0268. The number of benzene rings is 2. The smallest absolute Gasteiger partial charge is 0.274 e. The summed E-state index contributed by atoms with van der Waals surface area (Å²) in [7, 11) is 5.25. The summed E-state index contributed by atoms with van der Waals surface area (Å²) in [6.07, 6.45) is 1.76. The molecule has 1 aliphatic heterocycles. The van der Waals surface area contributed by atoms with Gasteiger partial charge in [-0.15, -0.1) is 0 Å². The van der Waals surface area contributed by atoms with Crippen LogP contribution >= 0.6 is 0 Å². The average Bonchev–Trinajstić information content (AvgIpc) is 3.16. The Kier molecular flexibility index (Phi) is 6.37. The standard InChI is InChI=1S/C25H30N4O2/c1-27(2)25(30)24-22-18-28(17-20-7-5-4-6-8-20)15-14-23(22)29(26-24)16-13-19-9-11-21(31-3)12-10-19/h4-12H,13-18H2,1-3H3. The summed E-state index contributed by atoms with van der Waals surface area (Å²) in [5.41, 5.74) is 5.39. The molecule has 1 aliphatic rings. The van der Waals surface area contributed by atoms with Crippen molar-refractivity contribution in [2.24, 2.45) is 0 Å². The largest absolute Gasteiger partial charge is 0.497 e. The fraction of sp³-hybridized carbons (Fsp3) is 0.360. The number of fused-ring (bicyclic) bond motifs is 1. The highest BCUT2D eigenvalue weighted by atomic mass is 16.5. The highest BCUT2D eigenvalue weighted by Gasteiger charge is 2.28. The van der Waals surface area contributed by atoms with E-state index in [4.69, 9.17) is 9.84 Å². The molecule has 3 aromatic rings. The highest BCUT2D eigenvalue weighted by molar-refractivity contribution is 5.93. The molecule has 0 aliphatic carbocycles. The lowest BCUT2D eigenvalue weighted by Crippen LogP contribution is -2.32. The number of hydrogen-bond acceptors (Lipinski definition) is 4. The third-order valence-corrected chi connectivity index (χ3v) is 5.84. The molecule has 31 heavy (non-hydrogen) atoms. The zero-order valence-electron chi connectivity index (χ0n) is 18.5. The predicted octanol–water partition coefficient (Wildman–Crippen LogP) is 3.39. The number of carbonyl (C=O) groups excluding carboxylic acids is 1. The van der Waals surface area contributed by atoms with Crippen LogP contribution in [0.2, 0.25) is 0 Å². The number of aryl methyl sites for hydroxylation is 2. The maximum absolute atomic E-state index is 12.9. The summed E-state index contributed by atoms with van der Waals surface area (Å²) in [5, 5.41) is 4.78. The van der Waals surface area contributed by atoms with Crippen LogP contribution in [0.25, 0.3) is 0 Å². The number of methoxy groups -OCH3 is 1. The van der Waals surface area contributed by atoms with Crippen LogP contribution in [0, 0.1) is 0 Å². The summed E-state index contributed by atoms with van der Waals surface area (Å²) < 4.78 is 7.30. The minimum Gasteiger partial charge on any atom is -0.497 e. The first kappa shape index (κ1) is 21.1. The number of nitrogens with zero attached hydrogens (tertiary/aromatic N) is 4. The number of aromatic nitrogens is 2. The Balaban J connectivity index is 1.55. The van der Waals surface area contributed by atoms with Crippen LogP contribution in [0.5, 0.6) is 5.75 Å². The first-order valence-electron chi connectivity index (χ1n) is 10.7. The van der Waals surface area contributed by atoms with Crippen LogP contribution in [0.1, 0.15) is 32.9 Å². The van der Waals surface area contributed by atoms with Crippen LogP contribution in [0.15, 0.2) is 54.6 Å². The molecule has 0 saturated heterocycles. The molecule has 6 heteroatoms. The van der Waals surface area contributed by atoms with Crippen LogP contribution in [-0.2, 0) is 32.5 Å². The molecule has 0 saturated carbocycles. The van der Waals surface area contributed by atoms with Crippen molar-refractivity contribution in [2.45, 2.75) is 32.5 Å².